The zero-order chi connectivity index (χ0) is 21.2. The van der Waals surface area contributed by atoms with E-state index in [4.69, 9.17) is 4.74 Å². The Bertz CT molecular complexity index is 929. The molecule has 2 aromatic carbocycles. The molecule has 29 heavy (non-hydrogen) atoms. The lowest BCUT2D eigenvalue weighted by atomic mass is 9.95. The molecule has 6 nitrogen and oxygen atoms in total. The average molecular weight is 413 g/mol. The molecule has 2 aromatic rings. The Kier molecular flexibility index (Phi) is 5.98. The van der Waals surface area contributed by atoms with Crippen molar-refractivity contribution in [2.75, 3.05) is 10.2 Å². The van der Waals surface area contributed by atoms with Crippen molar-refractivity contribution < 1.29 is 19.1 Å². The van der Waals surface area contributed by atoms with Gasteiger partial charge in [-0.05, 0) is 52.0 Å². The minimum Gasteiger partial charge on any atom is -0.452 e. The number of ether oxygens (including phenoxy) is 1. The fourth-order valence-electron chi connectivity index (χ4n) is 3.10. The number of hydrogen-bond acceptors (Lipinski definition) is 5. The molecule has 0 aromatic heterocycles. The van der Waals surface area contributed by atoms with Crippen molar-refractivity contribution in [3.05, 3.63) is 54.6 Å². The van der Waals surface area contributed by atoms with E-state index in [1.165, 1.54) is 23.6 Å². The van der Waals surface area contributed by atoms with Gasteiger partial charge in [0.1, 0.15) is 10.8 Å². The molecule has 2 amide bonds. The molecule has 1 aliphatic rings. The van der Waals surface area contributed by atoms with E-state index in [0.29, 0.717) is 11.4 Å². The second-order valence-corrected chi connectivity index (χ2v) is 8.77. The van der Waals surface area contributed by atoms with Crippen LogP contribution in [0.4, 0.5) is 11.4 Å². The van der Waals surface area contributed by atoms with E-state index < -0.39 is 28.8 Å². The molecule has 0 saturated heterocycles. The molecule has 0 saturated carbocycles. The topological polar surface area (TPSA) is 75.7 Å². The second-order valence-electron chi connectivity index (χ2n) is 7.36. The van der Waals surface area contributed by atoms with Gasteiger partial charge in [-0.1, -0.05) is 30.3 Å². The summed E-state index contributed by atoms with van der Waals surface area (Å²) < 4.78 is 5.46. The van der Waals surface area contributed by atoms with Crippen LogP contribution in [0.5, 0.6) is 0 Å². The van der Waals surface area contributed by atoms with Crippen LogP contribution < -0.4 is 10.2 Å². The number of nitrogens with zero attached hydrogens (tertiary/aromatic N) is 1. The number of esters is 1. The molecule has 1 N–H and O–H groups in total. The van der Waals surface area contributed by atoms with Gasteiger partial charge in [-0.15, -0.1) is 11.8 Å². The number of amides is 2. The van der Waals surface area contributed by atoms with Crippen LogP contribution in [0.2, 0.25) is 0 Å². The van der Waals surface area contributed by atoms with E-state index in [0.717, 1.165) is 4.90 Å². The van der Waals surface area contributed by atoms with Gasteiger partial charge >= 0.3 is 5.97 Å². The predicted octanol–water partition coefficient (Wildman–Crippen LogP) is 3.86. The zero-order valence-electron chi connectivity index (χ0n) is 16.8. The molecule has 2 atom stereocenters. The van der Waals surface area contributed by atoms with Crippen LogP contribution in [-0.2, 0) is 19.1 Å². The van der Waals surface area contributed by atoms with Crippen molar-refractivity contribution in [2.45, 2.75) is 49.5 Å². The molecule has 0 fully saturated rings. The number of benzene rings is 2. The Morgan fingerprint density at radius 1 is 1.03 bits per heavy atom. The first-order valence-electron chi connectivity index (χ1n) is 9.38. The van der Waals surface area contributed by atoms with Gasteiger partial charge in [0.25, 0.3) is 5.91 Å². The molecule has 152 valence electrons. The second kappa shape index (κ2) is 8.29. The number of carbonyl (C=O) groups excluding carboxylic acids is 3. The van der Waals surface area contributed by atoms with Gasteiger partial charge in [0.05, 0.1) is 11.4 Å². The monoisotopic (exact) mass is 412 g/mol. The lowest BCUT2D eigenvalue weighted by Gasteiger charge is -2.42. The zero-order valence-corrected chi connectivity index (χ0v) is 17.7. The van der Waals surface area contributed by atoms with Crippen molar-refractivity contribution >= 4 is 40.9 Å². The van der Waals surface area contributed by atoms with E-state index in [2.05, 4.69) is 5.32 Å². The molecule has 0 aliphatic carbocycles. The first-order chi connectivity index (χ1) is 13.7. The van der Waals surface area contributed by atoms with Crippen molar-refractivity contribution in [1.82, 2.24) is 0 Å². The van der Waals surface area contributed by atoms with Gasteiger partial charge in [-0.3, -0.25) is 19.3 Å². The summed E-state index contributed by atoms with van der Waals surface area (Å²) in [6.45, 7) is 6.60. The van der Waals surface area contributed by atoms with E-state index in [1.54, 1.807) is 45.0 Å². The number of nitrogens with one attached hydrogen (secondary N) is 1. The largest absolute Gasteiger partial charge is 0.452 e. The quantitative estimate of drug-likeness (QED) is 0.596. The van der Waals surface area contributed by atoms with Crippen LogP contribution in [0.1, 0.15) is 27.7 Å². The molecule has 1 aliphatic heterocycles. The van der Waals surface area contributed by atoms with Gasteiger partial charge in [0.15, 0.2) is 6.10 Å². The highest BCUT2D eigenvalue weighted by Crippen LogP contribution is 2.37. The minimum absolute atomic E-state index is 0.295. The smallest absolute Gasteiger partial charge is 0.319 e. The number of thioether (sulfide) groups is 1. The van der Waals surface area contributed by atoms with Gasteiger partial charge in [0, 0.05) is 4.90 Å². The summed E-state index contributed by atoms with van der Waals surface area (Å²) in [7, 11) is 0. The number of anilines is 2. The van der Waals surface area contributed by atoms with Crippen molar-refractivity contribution in [3.63, 3.8) is 0 Å². The number of fused-ring (bicyclic) bond motifs is 1. The SMILES string of the molecule is C[C@@H](OC(=O)[C@@H](C)Sc1ccccc1)C(=O)N1c2ccccc2NC(=O)C1(C)C. The molecule has 0 unspecified atom stereocenters. The van der Waals surface area contributed by atoms with Crippen LogP contribution in [0.15, 0.2) is 59.5 Å². The van der Waals surface area contributed by atoms with Crippen LogP contribution in [0.3, 0.4) is 0 Å². The Labute approximate surface area is 174 Å². The van der Waals surface area contributed by atoms with E-state index in [9.17, 15) is 14.4 Å². The fraction of sp³-hybridized carbons (Fsp3) is 0.318. The van der Waals surface area contributed by atoms with Gasteiger partial charge in [0.2, 0.25) is 5.91 Å². The lowest BCUT2D eigenvalue weighted by molar-refractivity contribution is -0.153. The Hall–Kier alpha value is -2.80. The summed E-state index contributed by atoms with van der Waals surface area (Å²) >= 11 is 1.37. The summed E-state index contributed by atoms with van der Waals surface area (Å²) in [5.74, 6) is -1.22. The molecule has 3 rings (SSSR count). The average Bonchev–Trinajstić information content (AvgIpc) is 2.69. The van der Waals surface area contributed by atoms with Crippen LogP contribution in [-0.4, -0.2) is 34.7 Å². The summed E-state index contributed by atoms with van der Waals surface area (Å²) in [4.78, 5) is 40.6. The third-order valence-electron chi connectivity index (χ3n) is 4.76. The van der Waals surface area contributed by atoms with E-state index in [1.807, 2.05) is 30.3 Å². The molecule has 0 bridgehead atoms. The Morgan fingerprint density at radius 2 is 1.66 bits per heavy atom. The predicted molar refractivity (Wildman–Crippen MR) is 114 cm³/mol. The van der Waals surface area contributed by atoms with Crippen molar-refractivity contribution in [1.29, 1.82) is 0 Å². The number of carbonyl (C=O) groups is 3. The highest BCUT2D eigenvalue weighted by atomic mass is 32.2. The van der Waals surface area contributed by atoms with E-state index in [-0.39, 0.29) is 5.91 Å². The Morgan fingerprint density at radius 3 is 2.34 bits per heavy atom. The Balaban J connectivity index is 1.75. The standard InChI is InChI=1S/C22H24N2O4S/c1-14(28-20(26)15(2)29-16-10-6-5-7-11-16)19(25)24-18-13-9-8-12-17(18)23-21(27)22(24,3)4/h5-15H,1-4H3,(H,23,27)/t14-,15-/m1/s1. The highest BCUT2D eigenvalue weighted by molar-refractivity contribution is 8.00. The third kappa shape index (κ3) is 4.29. The summed E-state index contributed by atoms with van der Waals surface area (Å²) in [6, 6.07) is 16.6. The summed E-state index contributed by atoms with van der Waals surface area (Å²) in [5, 5.41) is 2.34. The number of para-hydroxylation sites is 2. The first kappa shape index (κ1) is 20.9. The normalized spacial score (nSPS) is 17.0. The van der Waals surface area contributed by atoms with Crippen LogP contribution >= 0.6 is 11.8 Å². The van der Waals surface area contributed by atoms with Gasteiger partial charge in [-0.2, -0.15) is 0 Å². The van der Waals surface area contributed by atoms with Gasteiger partial charge in [-0.25, -0.2) is 0 Å². The van der Waals surface area contributed by atoms with Crippen LogP contribution in [0.25, 0.3) is 0 Å². The fourth-order valence-corrected chi connectivity index (χ4v) is 3.97. The molecule has 1 heterocycles. The maximum atomic E-state index is 13.2. The maximum Gasteiger partial charge on any atom is 0.319 e. The highest BCUT2D eigenvalue weighted by Gasteiger charge is 2.45. The minimum atomic E-state index is -1.11. The first-order valence-corrected chi connectivity index (χ1v) is 10.3. The molecular formula is C22H24N2O4S. The molecular weight excluding hydrogens is 388 g/mol. The maximum absolute atomic E-state index is 13.2. The third-order valence-corrected chi connectivity index (χ3v) is 5.85. The summed E-state index contributed by atoms with van der Waals surface area (Å²) in [6.07, 6.45) is -1.03. The number of rotatable bonds is 5. The van der Waals surface area contributed by atoms with Crippen molar-refractivity contribution in [3.8, 4) is 0 Å². The molecule has 0 spiro atoms. The van der Waals surface area contributed by atoms with Crippen LogP contribution in [0, 0.1) is 0 Å². The summed E-state index contributed by atoms with van der Waals surface area (Å²) in [5.41, 5.74) is 0.0182. The lowest BCUT2D eigenvalue weighted by Crippen LogP contribution is -2.60. The molecule has 0 radical (unpaired) electrons. The number of hydrogen-bond donors (Lipinski definition) is 1. The van der Waals surface area contributed by atoms with E-state index >= 15 is 0 Å². The molecule has 7 heteroatoms. The van der Waals surface area contributed by atoms with Gasteiger partial charge < -0.3 is 10.1 Å². The van der Waals surface area contributed by atoms with Crippen molar-refractivity contribution in [2.24, 2.45) is 0 Å².